The molecule has 2 rings (SSSR count). The lowest BCUT2D eigenvalue weighted by molar-refractivity contribution is 0.538. The van der Waals surface area contributed by atoms with Crippen molar-refractivity contribution in [2.75, 3.05) is 0 Å². The number of hydrogen-bond acceptors (Lipinski definition) is 2. The van der Waals surface area contributed by atoms with Gasteiger partial charge >= 0.3 is 0 Å². The molecule has 2 aromatic carbocycles. The molecule has 0 aliphatic carbocycles. The summed E-state index contributed by atoms with van der Waals surface area (Å²) in [5.41, 5.74) is 7.86. The second kappa shape index (κ2) is 6.33. The number of hydrogen-bond donors (Lipinski definition) is 2. The summed E-state index contributed by atoms with van der Waals surface area (Å²) in [5, 5.41) is 0. The molecule has 0 aromatic heterocycles. The maximum Gasteiger partial charge on any atom is 0.126 e. The lowest BCUT2D eigenvalue weighted by Crippen LogP contribution is -2.30. The SMILES string of the molecule is Cc1cc(C)c(C(Cc2cc(F)cc(F)c2)NN)cc1C. The van der Waals surface area contributed by atoms with Gasteiger partial charge in [-0.05, 0) is 67.1 Å². The van der Waals surface area contributed by atoms with Gasteiger partial charge < -0.3 is 0 Å². The summed E-state index contributed by atoms with van der Waals surface area (Å²) in [6.07, 6.45) is 0.425. The van der Waals surface area contributed by atoms with E-state index in [1.54, 1.807) is 0 Å². The summed E-state index contributed by atoms with van der Waals surface area (Å²) < 4.78 is 26.6. The first-order valence-electron chi connectivity index (χ1n) is 6.89. The van der Waals surface area contributed by atoms with Crippen LogP contribution in [0, 0.1) is 32.4 Å². The molecular formula is C17H20F2N2. The van der Waals surface area contributed by atoms with Crippen molar-refractivity contribution in [3.8, 4) is 0 Å². The Kier molecular flexibility index (Phi) is 4.70. The molecule has 112 valence electrons. The zero-order valence-corrected chi connectivity index (χ0v) is 12.5. The Morgan fingerprint density at radius 1 is 0.905 bits per heavy atom. The Morgan fingerprint density at radius 3 is 2.05 bits per heavy atom. The van der Waals surface area contributed by atoms with E-state index in [2.05, 4.69) is 24.5 Å². The van der Waals surface area contributed by atoms with Gasteiger partial charge in [-0.2, -0.15) is 0 Å². The highest BCUT2D eigenvalue weighted by molar-refractivity contribution is 5.39. The minimum Gasteiger partial charge on any atom is -0.271 e. The second-order valence-corrected chi connectivity index (χ2v) is 5.49. The second-order valence-electron chi connectivity index (χ2n) is 5.49. The normalized spacial score (nSPS) is 12.5. The highest BCUT2D eigenvalue weighted by atomic mass is 19.1. The molecule has 2 aromatic rings. The number of halogens is 2. The molecule has 0 radical (unpaired) electrons. The summed E-state index contributed by atoms with van der Waals surface area (Å²) in [4.78, 5) is 0. The van der Waals surface area contributed by atoms with Crippen LogP contribution in [0.2, 0.25) is 0 Å². The van der Waals surface area contributed by atoms with Gasteiger partial charge in [0.05, 0.1) is 6.04 Å². The minimum atomic E-state index is -0.572. The van der Waals surface area contributed by atoms with E-state index in [9.17, 15) is 8.78 Å². The first-order chi connectivity index (χ1) is 9.90. The van der Waals surface area contributed by atoms with Crippen molar-refractivity contribution >= 4 is 0 Å². The maximum atomic E-state index is 13.3. The summed E-state index contributed by atoms with van der Waals surface area (Å²) in [6, 6.07) is 7.53. The molecule has 0 spiro atoms. The van der Waals surface area contributed by atoms with E-state index in [1.165, 1.54) is 23.3 Å². The van der Waals surface area contributed by atoms with Crippen LogP contribution >= 0.6 is 0 Å². The van der Waals surface area contributed by atoms with Gasteiger partial charge in [0.2, 0.25) is 0 Å². The van der Waals surface area contributed by atoms with Crippen molar-refractivity contribution in [1.29, 1.82) is 0 Å². The quantitative estimate of drug-likeness (QED) is 0.666. The Balaban J connectivity index is 2.34. The number of nitrogens with two attached hydrogens (primary N) is 1. The first-order valence-corrected chi connectivity index (χ1v) is 6.89. The van der Waals surface area contributed by atoms with Gasteiger partial charge in [-0.3, -0.25) is 11.3 Å². The summed E-state index contributed by atoms with van der Waals surface area (Å²) in [6.45, 7) is 6.10. The molecule has 1 atom stereocenters. The van der Waals surface area contributed by atoms with Crippen LogP contribution in [-0.4, -0.2) is 0 Å². The zero-order chi connectivity index (χ0) is 15.6. The fourth-order valence-corrected chi connectivity index (χ4v) is 2.58. The zero-order valence-electron chi connectivity index (χ0n) is 12.5. The van der Waals surface area contributed by atoms with Gasteiger partial charge in [0.25, 0.3) is 0 Å². The fourth-order valence-electron chi connectivity index (χ4n) is 2.58. The molecule has 3 N–H and O–H groups in total. The number of hydrazine groups is 1. The van der Waals surface area contributed by atoms with E-state index in [0.717, 1.165) is 17.2 Å². The third-order valence-corrected chi connectivity index (χ3v) is 3.82. The third-order valence-electron chi connectivity index (χ3n) is 3.82. The van der Waals surface area contributed by atoms with Crippen molar-refractivity contribution in [1.82, 2.24) is 5.43 Å². The monoisotopic (exact) mass is 290 g/mol. The standard InChI is InChI=1S/C17H20F2N2/c1-10-4-12(3)16(5-11(10)2)17(21-20)8-13-6-14(18)9-15(19)7-13/h4-7,9,17,21H,8,20H2,1-3H3. The molecule has 0 fully saturated rings. The van der Waals surface area contributed by atoms with E-state index in [0.29, 0.717) is 12.0 Å². The lowest BCUT2D eigenvalue weighted by atomic mass is 9.92. The molecule has 1 unspecified atom stereocenters. The smallest absolute Gasteiger partial charge is 0.126 e. The topological polar surface area (TPSA) is 38.0 Å². The summed E-state index contributed by atoms with van der Waals surface area (Å²) >= 11 is 0. The van der Waals surface area contributed by atoms with Crippen molar-refractivity contribution in [2.24, 2.45) is 5.84 Å². The van der Waals surface area contributed by atoms with Gasteiger partial charge in [0.1, 0.15) is 11.6 Å². The Hall–Kier alpha value is -1.78. The van der Waals surface area contributed by atoms with Crippen LogP contribution < -0.4 is 11.3 Å². The fraction of sp³-hybridized carbons (Fsp3) is 0.294. The molecule has 2 nitrogen and oxygen atoms in total. The van der Waals surface area contributed by atoms with Crippen LogP contribution in [-0.2, 0) is 6.42 Å². The van der Waals surface area contributed by atoms with Gasteiger partial charge in [-0.15, -0.1) is 0 Å². The van der Waals surface area contributed by atoms with Crippen LogP contribution in [0.1, 0.15) is 33.9 Å². The van der Waals surface area contributed by atoms with Gasteiger partial charge in [-0.25, -0.2) is 8.78 Å². The number of rotatable bonds is 4. The predicted octanol–water partition coefficient (Wildman–Crippen LogP) is 3.64. The van der Waals surface area contributed by atoms with E-state index >= 15 is 0 Å². The molecule has 0 saturated heterocycles. The molecule has 0 heterocycles. The average Bonchev–Trinajstić information content (AvgIpc) is 2.39. The van der Waals surface area contributed by atoms with Crippen LogP contribution in [0.4, 0.5) is 8.78 Å². The third kappa shape index (κ3) is 3.65. The number of nitrogens with one attached hydrogen (secondary N) is 1. The van der Waals surface area contributed by atoms with Crippen LogP contribution in [0.3, 0.4) is 0 Å². The number of benzene rings is 2. The molecular weight excluding hydrogens is 270 g/mol. The van der Waals surface area contributed by atoms with Gasteiger partial charge in [0.15, 0.2) is 0 Å². The van der Waals surface area contributed by atoms with Crippen molar-refractivity contribution in [3.05, 3.63) is 69.8 Å². The average molecular weight is 290 g/mol. The molecule has 21 heavy (non-hydrogen) atoms. The van der Waals surface area contributed by atoms with Crippen molar-refractivity contribution < 1.29 is 8.78 Å². The van der Waals surface area contributed by atoms with Crippen molar-refractivity contribution in [3.63, 3.8) is 0 Å². The van der Waals surface area contributed by atoms with Crippen LogP contribution in [0.25, 0.3) is 0 Å². The molecule has 4 heteroatoms. The van der Waals surface area contributed by atoms with E-state index < -0.39 is 11.6 Å². The largest absolute Gasteiger partial charge is 0.271 e. The van der Waals surface area contributed by atoms with E-state index in [4.69, 9.17) is 5.84 Å². The van der Waals surface area contributed by atoms with Crippen LogP contribution in [0.5, 0.6) is 0 Å². The molecule has 0 amide bonds. The highest BCUT2D eigenvalue weighted by Crippen LogP contribution is 2.25. The Bertz CT molecular complexity index is 633. The number of aryl methyl sites for hydroxylation is 3. The van der Waals surface area contributed by atoms with E-state index in [1.807, 2.05) is 13.8 Å². The predicted molar refractivity (Wildman–Crippen MR) is 80.8 cm³/mol. The summed E-state index contributed by atoms with van der Waals surface area (Å²) in [7, 11) is 0. The maximum absolute atomic E-state index is 13.3. The molecule has 0 aliphatic heterocycles. The molecule has 0 aliphatic rings. The summed E-state index contributed by atoms with van der Waals surface area (Å²) in [5.74, 6) is 4.50. The first kappa shape index (κ1) is 15.6. The van der Waals surface area contributed by atoms with Gasteiger partial charge in [0, 0.05) is 6.07 Å². The van der Waals surface area contributed by atoms with Crippen LogP contribution in [0.15, 0.2) is 30.3 Å². The molecule has 0 saturated carbocycles. The minimum absolute atomic E-state index is 0.189. The lowest BCUT2D eigenvalue weighted by Gasteiger charge is -2.20. The molecule has 0 bridgehead atoms. The Morgan fingerprint density at radius 2 is 1.48 bits per heavy atom. The van der Waals surface area contributed by atoms with E-state index in [-0.39, 0.29) is 6.04 Å². The Labute approximate surface area is 124 Å². The highest BCUT2D eigenvalue weighted by Gasteiger charge is 2.15. The van der Waals surface area contributed by atoms with Crippen molar-refractivity contribution in [2.45, 2.75) is 33.2 Å². The van der Waals surface area contributed by atoms with Gasteiger partial charge in [-0.1, -0.05) is 12.1 Å².